The zero-order valence-electron chi connectivity index (χ0n) is 14.6. The zero-order chi connectivity index (χ0) is 18.6. The summed E-state index contributed by atoms with van der Waals surface area (Å²) in [6, 6.07) is 0. The molecule has 0 amide bonds. The Hall–Kier alpha value is -1.26. The molecule has 0 spiro atoms. The molecule has 1 atom stereocenters. The molecular weight excluding hydrogens is 348 g/mol. The van der Waals surface area contributed by atoms with Gasteiger partial charge >= 0.3 is 10.4 Å². The van der Waals surface area contributed by atoms with Crippen LogP contribution in [0.3, 0.4) is 0 Å². The number of aromatic nitrogens is 1. The molecule has 0 aromatic carbocycles. The van der Waals surface area contributed by atoms with Gasteiger partial charge in [0.1, 0.15) is 0 Å². The van der Waals surface area contributed by atoms with Crippen LogP contribution in [0.25, 0.3) is 0 Å². The summed E-state index contributed by atoms with van der Waals surface area (Å²) in [5, 5.41) is 0. The quantitative estimate of drug-likeness (QED) is 0.682. The largest absolute Gasteiger partial charge is 0.394 e. The Morgan fingerprint density at radius 3 is 2.44 bits per heavy atom. The molecule has 9 heteroatoms. The van der Waals surface area contributed by atoms with E-state index in [0.29, 0.717) is 5.78 Å². The second-order valence-corrected chi connectivity index (χ2v) is 7.29. The molecular formula is C16H26N2O6S. The fraction of sp³-hybridized carbons (Fsp3) is 0.688. The minimum Gasteiger partial charge on any atom is -0.379 e. The van der Waals surface area contributed by atoms with Gasteiger partial charge in [-0.05, 0) is 31.7 Å². The summed E-state index contributed by atoms with van der Waals surface area (Å²) in [6.45, 7) is 8.64. The number of carbonyl (C=O) groups is 1. The first-order chi connectivity index (χ1) is 11.7. The second kappa shape index (κ2) is 8.41. The molecule has 1 fully saturated rings. The topological polar surface area (TPSA) is 120 Å². The van der Waals surface area contributed by atoms with Gasteiger partial charge in [0.15, 0.2) is 5.78 Å². The van der Waals surface area contributed by atoms with Crippen LogP contribution in [-0.4, -0.2) is 66.0 Å². The highest BCUT2D eigenvalue weighted by Crippen LogP contribution is 2.30. The fourth-order valence-corrected chi connectivity index (χ4v) is 3.58. The highest BCUT2D eigenvalue weighted by atomic mass is 32.3. The highest BCUT2D eigenvalue weighted by Gasteiger charge is 2.32. The molecule has 0 radical (unpaired) electrons. The summed E-state index contributed by atoms with van der Waals surface area (Å²) in [5.74, 6) is 0.528. The SMILES string of the molecule is CCc1c(C)[nH]c2c1C(=O)C(CN1CCOCC1)CC2.O=S(=O)(O)O. The van der Waals surface area contributed by atoms with Crippen molar-refractivity contribution >= 4 is 16.2 Å². The fourth-order valence-electron chi connectivity index (χ4n) is 3.58. The maximum atomic E-state index is 12.8. The third kappa shape index (κ3) is 5.61. The van der Waals surface area contributed by atoms with Gasteiger partial charge < -0.3 is 9.72 Å². The predicted molar refractivity (Wildman–Crippen MR) is 92.5 cm³/mol. The van der Waals surface area contributed by atoms with Crippen molar-refractivity contribution in [2.75, 3.05) is 32.8 Å². The summed E-state index contributed by atoms with van der Waals surface area (Å²) in [4.78, 5) is 18.6. The van der Waals surface area contributed by atoms with E-state index in [9.17, 15) is 4.79 Å². The van der Waals surface area contributed by atoms with Crippen LogP contribution in [0.4, 0.5) is 0 Å². The molecule has 0 saturated carbocycles. The Bertz CT molecular complexity index is 698. The monoisotopic (exact) mass is 374 g/mol. The average Bonchev–Trinajstić information content (AvgIpc) is 2.86. The van der Waals surface area contributed by atoms with Crippen molar-refractivity contribution in [3.63, 3.8) is 0 Å². The number of Topliss-reactive ketones (excluding diaryl/α,β-unsaturated/α-hetero) is 1. The van der Waals surface area contributed by atoms with Crippen LogP contribution < -0.4 is 0 Å². The normalized spacial score (nSPS) is 21.4. The van der Waals surface area contributed by atoms with E-state index in [2.05, 4.69) is 23.7 Å². The lowest BCUT2D eigenvalue weighted by molar-refractivity contribution is 0.0291. The molecule has 1 aromatic rings. The minimum absolute atomic E-state index is 0.168. The molecule has 25 heavy (non-hydrogen) atoms. The van der Waals surface area contributed by atoms with Gasteiger partial charge in [-0.1, -0.05) is 6.92 Å². The predicted octanol–water partition coefficient (Wildman–Crippen LogP) is 1.31. The van der Waals surface area contributed by atoms with Gasteiger partial charge in [-0.2, -0.15) is 8.42 Å². The first-order valence-electron chi connectivity index (χ1n) is 8.45. The van der Waals surface area contributed by atoms with E-state index >= 15 is 0 Å². The summed E-state index contributed by atoms with van der Waals surface area (Å²) in [6.07, 6.45) is 2.93. The Balaban J connectivity index is 0.000000399. The lowest BCUT2D eigenvalue weighted by Gasteiger charge is -2.31. The molecule has 8 nitrogen and oxygen atoms in total. The third-order valence-electron chi connectivity index (χ3n) is 4.69. The maximum absolute atomic E-state index is 12.8. The van der Waals surface area contributed by atoms with Gasteiger partial charge in [-0.25, -0.2) is 0 Å². The number of carbonyl (C=O) groups excluding carboxylic acids is 1. The summed E-state index contributed by atoms with van der Waals surface area (Å²) in [5.41, 5.74) is 4.59. The number of nitrogens with one attached hydrogen (secondary N) is 1. The lowest BCUT2D eigenvalue weighted by atomic mass is 9.83. The minimum atomic E-state index is -4.67. The van der Waals surface area contributed by atoms with Crippen LogP contribution in [0, 0.1) is 12.8 Å². The van der Waals surface area contributed by atoms with E-state index in [1.54, 1.807) is 0 Å². The van der Waals surface area contributed by atoms with Gasteiger partial charge in [-0.3, -0.25) is 18.8 Å². The number of hydrogen-bond donors (Lipinski definition) is 3. The maximum Gasteiger partial charge on any atom is 0.394 e. The first-order valence-corrected chi connectivity index (χ1v) is 9.84. The zero-order valence-corrected chi connectivity index (χ0v) is 15.4. The molecule has 1 aliphatic carbocycles. The molecule has 2 aliphatic rings. The van der Waals surface area contributed by atoms with Gasteiger partial charge in [0.25, 0.3) is 0 Å². The standard InChI is InChI=1S/C16H24N2O2.H2O4S/c1-3-13-11(2)17-14-5-4-12(16(19)15(13)14)10-18-6-8-20-9-7-18;1-5(2,3)4/h12,17H,3-10H2,1-2H3;(H2,1,2,3,4). The van der Waals surface area contributed by atoms with Gasteiger partial charge in [-0.15, -0.1) is 0 Å². The Morgan fingerprint density at radius 1 is 1.28 bits per heavy atom. The molecule has 1 aromatic heterocycles. The van der Waals surface area contributed by atoms with Crippen LogP contribution in [0.15, 0.2) is 0 Å². The van der Waals surface area contributed by atoms with E-state index in [4.69, 9.17) is 22.3 Å². The van der Waals surface area contributed by atoms with E-state index in [0.717, 1.165) is 57.7 Å². The number of hydrogen-bond acceptors (Lipinski definition) is 5. The molecule has 142 valence electrons. The third-order valence-corrected chi connectivity index (χ3v) is 4.69. The van der Waals surface area contributed by atoms with Crippen molar-refractivity contribution < 1.29 is 27.1 Å². The average molecular weight is 374 g/mol. The number of aromatic amines is 1. The van der Waals surface area contributed by atoms with Crippen LogP contribution >= 0.6 is 0 Å². The van der Waals surface area contributed by atoms with Gasteiger partial charge in [0.05, 0.1) is 13.2 Å². The number of fused-ring (bicyclic) bond motifs is 1. The number of morpholine rings is 1. The smallest absolute Gasteiger partial charge is 0.379 e. The number of H-pyrrole nitrogens is 1. The molecule has 1 aliphatic heterocycles. The molecule has 3 N–H and O–H groups in total. The first kappa shape index (κ1) is 20.1. The molecule has 1 unspecified atom stereocenters. The lowest BCUT2D eigenvalue weighted by Crippen LogP contribution is -2.42. The van der Waals surface area contributed by atoms with Crippen molar-refractivity contribution in [3.8, 4) is 0 Å². The summed E-state index contributed by atoms with van der Waals surface area (Å²) >= 11 is 0. The highest BCUT2D eigenvalue weighted by molar-refractivity contribution is 7.79. The number of rotatable bonds is 3. The van der Waals surface area contributed by atoms with E-state index in [1.165, 1.54) is 17.0 Å². The van der Waals surface area contributed by atoms with Crippen molar-refractivity contribution in [2.45, 2.75) is 33.1 Å². The Morgan fingerprint density at radius 2 is 1.88 bits per heavy atom. The van der Waals surface area contributed by atoms with Crippen LogP contribution in [0.1, 0.15) is 40.7 Å². The molecule has 0 bridgehead atoms. The Labute approximate surface area is 148 Å². The number of ether oxygens (including phenoxy) is 1. The molecule has 1 saturated heterocycles. The number of aryl methyl sites for hydroxylation is 2. The van der Waals surface area contributed by atoms with Crippen molar-refractivity contribution in [1.29, 1.82) is 0 Å². The van der Waals surface area contributed by atoms with Gasteiger partial charge in [0.2, 0.25) is 0 Å². The van der Waals surface area contributed by atoms with E-state index in [-0.39, 0.29) is 5.92 Å². The summed E-state index contributed by atoms with van der Waals surface area (Å²) in [7, 11) is -4.67. The van der Waals surface area contributed by atoms with E-state index in [1.807, 2.05) is 0 Å². The van der Waals surface area contributed by atoms with Crippen LogP contribution in [-0.2, 0) is 28.0 Å². The van der Waals surface area contributed by atoms with Crippen molar-refractivity contribution in [3.05, 3.63) is 22.5 Å². The molecule has 3 rings (SSSR count). The van der Waals surface area contributed by atoms with Crippen molar-refractivity contribution in [1.82, 2.24) is 9.88 Å². The second-order valence-electron chi connectivity index (χ2n) is 6.40. The van der Waals surface area contributed by atoms with Crippen LogP contribution in [0.2, 0.25) is 0 Å². The summed E-state index contributed by atoms with van der Waals surface area (Å²) < 4.78 is 37.0. The number of ketones is 1. The number of nitrogens with zero attached hydrogens (tertiary/aromatic N) is 1. The van der Waals surface area contributed by atoms with E-state index < -0.39 is 10.4 Å². The van der Waals surface area contributed by atoms with Crippen LogP contribution in [0.5, 0.6) is 0 Å². The Kier molecular flexibility index (Phi) is 6.75. The van der Waals surface area contributed by atoms with Crippen molar-refractivity contribution in [2.24, 2.45) is 5.92 Å². The van der Waals surface area contributed by atoms with Gasteiger partial charge in [0, 0.05) is 42.5 Å². The molecule has 2 heterocycles.